The Morgan fingerprint density at radius 1 is 1.29 bits per heavy atom. The number of phenols is 1. The van der Waals surface area contributed by atoms with E-state index in [0.29, 0.717) is 5.69 Å². The van der Waals surface area contributed by atoms with E-state index in [1.54, 1.807) is 12.1 Å². The van der Waals surface area contributed by atoms with Crippen LogP contribution in [0.3, 0.4) is 0 Å². The quantitative estimate of drug-likeness (QED) is 0.725. The van der Waals surface area contributed by atoms with Crippen LogP contribution >= 0.6 is 0 Å². The first-order valence-electron chi connectivity index (χ1n) is 6.63. The highest BCUT2D eigenvalue weighted by molar-refractivity contribution is 5.92. The van der Waals surface area contributed by atoms with Gasteiger partial charge in [0, 0.05) is 18.1 Å². The smallest absolute Gasteiger partial charge is 0.230 e. The number of fused-ring (bicyclic) bond motifs is 1. The number of aromatic nitrogens is 2. The van der Waals surface area contributed by atoms with E-state index >= 15 is 0 Å². The summed E-state index contributed by atoms with van der Waals surface area (Å²) in [4.78, 5) is 16.4. The van der Waals surface area contributed by atoms with E-state index in [1.165, 1.54) is 12.1 Å². The number of carbonyl (C=O) groups excluding carboxylic acids is 1. The van der Waals surface area contributed by atoms with Crippen molar-refractivity contribution in [3.8, 4) is 5.75 Å². The third-order valence-electron chi connectivity index (χ3n) is 3.16. The number of pyridine rings is 1. The van der Waals surface area contributed by atoms with Crippen molar-refractivity contribution in [2.45, 2.75) is 13.3 Å². The van der Waals surface area contributed by atoms with Crippen LogP contribution in [0.2, 0.25) is 0 Å². The van der Waals surface area contributed by atoms with Crippen LogP contribution in [0.4, 0.5) is 5.69 Å². The Bertz CT molecular complexity index is 791. The first-order chi connectivity index (χ1) is 10.1. The summed E-state index contributed by atoms with van der Waals surface area (Å²) < 4.78 is 1.90. The molecule has 1 aromatic carbocycles. The molecule has 5 heteroatoms. The van der Waals surface area contributed by atoms with Crippen LogP contribution in [0.1, 0.15) is 11.3 Å². The van der Waals surface area contributed by atoms with E-state index in [2.05, 4.69) is 10.3 Å². The number of imidazole rings is 1. The molecule has 0 saturated heterocycles. The third kappa shape index (κ3) is 3.02. The zero-order valence-corrected chi connectivity index (χ0v) is 11.6. The van der Waals surface area contributed by atoms with E-state index in [0.717, 1.165) is 16.9 Å². The van der Waals surface area contributed by atoms with Crippen molar-refractivity contribution in [2.24, 2.45) is 0 Å². The Hall–Kier alpha value is -2.82. The van der Waals surface area contributed by atoms with Gasteiger partial charge in [-0.3, -0.25) is 4.79 Å². The Labute approximate surface area is 121 Å². The van der Waals surface area contributed by atoms with Crippen LogP contribution in [0, 0.1) is 6.92 Å². The maximum absolute atomic E-state index is 12.0. The first kappa shape index (κ1) is 13.2. The minimum Gasteiger partial charge on any atom is -0.508 e. The molecule has 2 N–H and O–H groups in total. The highest BCUT2D eigenvalue weighted by atomic mass is 16.3. The SMILES string of the molecule is Cc1ccn2cc(CC(=O)Nc3ccc(O)cc3)nc2c1. The van der Waals surface area contributed by atoms with Gasteiger partial charge in [0.05, 0.1) is 12.1 Å². The molecule has 5 nitrogen and oxygen atoms in total. The molecule has 0 atom stereocenters. The molecule has 0 fully saturated rings. The molecule has 0 saturated carbocycles. The number of carbonyl (C=O) groups is 1. The number of anilines is 1. The topological polar surface area (TPSA) is 66.6 Å². The molecule has 3 rings (SSSR count). The normalized spacial score (nSPS) is 10.7. The minimum atomic E-state index is -0.138. The zero-order chi connectivity index (χ0) is 14.8. The number of aromatic hydroxyl groups is 1. The van der Waals surface area contributed by atoms with Crippen molar-refractivity contribution in [1.82, 2.24) is 9.38 Å². The second-order valence-corrected chi connectivity index (χ2v) is 4.97. The lowest BCUT2D eigenvalue weighted by Crippen LogP contribution is -2.14. The monoisotopic (exact) mass is 281 g/mol. The van der Waals surface area contributed by atoms with Gasteiger partial charge in [-0.1, -0.05) is 0 Å². The summed E-state index contributed by atoms with van der Waals surface area (Å²) in [7, 11) is 0. The number of phenolic OH excluding ortho intramolecular Hbond substituents is 1. The lowest BCUT2D eigenvalue weighted by atomic mass is 10.2. The molecule has 0 bridgehead atoms. The Morgan fingerprint density at radius 2 is 2.05 bits per heavy atom. The van der Waals surface area contributed by atoms with Gasteiger partial charge in [-0.15, -0.1) is 0 Å². The van der Waals surface area contributed by atoms with Crippen LogP contribution in [0.5, 0.6) is 5.75 Å². The number of nitrogens with one attached hydrogen (secondary N) is 1. The largest absolute Gasteiger partial charge is 0.508 e. The fourth-order valence-corrected chi connectivity index (χ4v) is 2.14. The Kier molecular flexibility index (Phi) is 3.31. The van der Waals surface area contributed by atoms with Crippen LogP contribution < -0.4 is 5.32 Å². The summed E-state index contributed by atoms with van der Waals surface area (Å²) in [6.07, 6.45) is 3.99. The number of hydrogen-bond acceptors (Lipinski definition) is 3. The Morgan fingerprint density at radius 3 is 2.81 bits per heavy atom. The Balaban J connectivity index is 1.72. The molecule has 106 valence electrons. The number of amides is 1. The summed E-state index contributed by atoms with van der Waals surface area (Å²) in [5, 5.41) is 12.0. The van der Waals surface area contributed by atoms with E-state index in [4.69, 9.17) is 0 Å². The number of nitrogens with zero attached hydrogens (tertiary/aromatic N) is 2. The molecule has 0 unspecified atom stereocenters. The zero-order valence-electron chi connectivity index (χ0n) is 11.6. The number of rotatable bonds is 3. The van der Waals surface area contributed by atoms with E-state index in [9.17, 15) is 9.90 Å². The molecule has 2 aromatic heterocycles. The predicted octanol–water partition coefficient (Wildman–Crippen LogP) is 2.53. The van der Waals surface area contributed by atoms with Crippen LogP contribution in [0.25, 0.3) is 5.65 Å². The molecule has 2 heterocycles. The summed E-state index contributed by atoms with van der Waals surface area (Å²) >= 11 is 0. The molecule has 0 spiro atoms. The van der Waals surface area contributed by atoms with Gasteiger partial charge in [0.15, 0.2) is 0 Å². The summed E-state index contributed by atoms with van der Waals surface area (Å²) in [5.41, 5.74) is 3.34. The lowest BCUT2D eigenvalue weighted by molar-refractivity contribution is -0.115. The van der Waals surface area contributed by atoms with Crippen molar-refractivity contribution >= 4 is 17.2 Å². The average molecular weight is 281 g/mol. The molecule has 1 amide bonds. The van der Waals surface area contributed by atoms with Crippen LogP contribution in [-0.2, 0) is 11.2 Å². The third-order valence-corrected chi connectivity index (χ3v) is 3.16. The van der Waals surface area contributed by atoms with Gasteiger partial charge in [0.2, 0.25) is 5.91 Å². The van der Waals surface area contributed by atoms with Gasteiger partial charge < -0.3 is 14.8 Å². The molecular weight excluding hydrogens is 266 g/mol. The number of aryl methyl sites for hydroxylation is 1. The second kappa shape index (κ2) is 5.28. The first-order valence-corrected chi connectivity index (χ1v) is 6.63. The van der Waals surface area contributed by atoms with Crippen molar-refractivity contribution in [3.63, 3.8) is 0 Å². The van der Waals surface area contributed by atoms with Crippen molar-refractivity contribution in [2.75, 3.05) is 5.32 Å². The predicted molar refractivity (Wildman–Crippen MR) is 80.4 cm³/mol. The average Bonchev–Trinajstić information content (AvgIpc) is 2.82. The van der Waals surface area contributed by atoms with Crippen molar-refractivity contribution in [3.05, 3.63) is 60.0 Å². The number of hydrogen-bond donors (Lipinski definition) is 2. The van der Waals surface area contributed by atoms with Crippen molar-refractivity contribution < 1.29 is 9.90 Å². The second-order valence-electron chi connectivity index (χ2n) is 4.97. The summed E-state index contributed by atoms with van der Waals surface area (Å²) in [6.45, 7) is 2.01. The lowest BCUT2D eigenvalue weighted by Gasteiger charge is -2.03. The highest BCUT2D eigenvalue weighted by Gasteiger charge is 2.08. The maximum atomic E-state index is 12.0. The molecular formula is C16H15N3O2. The van der Waals surface area contributed by atoms with Gasteiger partial charge in [-0.25, -0.2) is 4.98 Å². The maximum Gasteiger partial charge on any atom is 0.230 e. The minimum absolute atomic E-state index is 0.138. The summed E-state index contributed by atoms with van der Waals surface area (Å²) in [5.74, 6) is 0.0320. The molecule has 0 radical (unpaired) electrons. The standard InChI is InChI=1S/C16H15N3O2/c1-11-6-7-19-10-13(17-15(19)8-11)9-16(21)18-12-2-4-14(20)5-3-12/h2-8,10,20H,9H2,1H3,(H,18,21). The molecule has 0 aliphatic heterocycles. The van der Waals surface area contributed by atoms with Crippen LogP contribution in [-0.4, -0.2) is 20.4 Å². The van der Waals surface area contributed by atoms with E-state index in [-0.39, 0.29) is 18.1 Å². The van der Waals surface area contributed by atoms with E-state index in [1.807, 2.05) is 35.9 Å². The van der Waals surface area contributed by atoms with Gasteiger partial charge in [-0.05, 0) is 48.9 Å². The summed E-state index contributed by atoms with van der Waals surface area (Å²) in [6, 6.07) is 10.3. The fraction of sp³-hybridized carbons (Fsp3) is 0.125. The van der Waals surface area contributed by atoms with Crippen molar-refractivity contribution in [1.29, 1.82) is 0 Å². The highest BCUT2D eigenvalue weighted by Crippen LogP contribution is 2.14. The van der Waals surface area contributed by atoms with Crippen LogP contribution in [0.15, 0.2) is 48.8 Å². The van der Waals surface area contributed by atoms with Gasteiger partial charge >= 0.3 is 0 Å². The van der Waals surface area contributed by atoms with Gasteiger partial charge in [-0.2, -0.15) is 0 Å². The van der Waals surface area contributed by atoms with Gasteiger partial charge in [0.1, 0.15) is 11.4 Å². The van der Waals surface area contributed by atoms with E-state index < -0.39 is 0 Å². The number of benzene rings is 1. The molecule has 0 aliphatic carbocycles. The molecule has 0 aliphatic rings. The molecule has 3 aromatic rings. The van der Waals surface area contributed by atoms with Gasteiger partial charge in [0.25, 0.3) is 0 Å². The molecule has 21 heavy (non-hydrogen) atoms. The fourth-order valence-electron chi connectivity index (χ4n) is 2.14.